The maximum absolute atomic E-state index is 11.9. The molecule has 0 rings (SSSR count). The van der Waals surface area contributed by atoms with E-state index in [1.807, 2.05) is 18.7 Å². The molecule has 0 radical (unpaired) electrons. The van der Waals surface area contributed by atoms with Crippen LogP contribution in [-0.2, 0) is 4.79 Å². The predicted octanol–water partition coefficient (Wildman–Crippen LogP) is 2.04. The van der Waals surface area contributed by atoms with Crippen LogP contribution in [0.3, 0.4) is 0 Å². The summed E-state index contributed by atoms with van der Waals surface area (Å²) in [4.78, 5) is 13.8. The Labute approximate surface area is 93.5 Å². The fraction of sp³-hybridized carbons (Fsp3) is 0.917. The molecule has 1 amide bonds. The molecule has 0 spiro atoms. The van der Waals surface area contributed by atoms with Crippen molar-refractivity contribution in [2.75, 3.05) is 13.2 Å². The van der Waals surface area contributed by atoms with Crippen molar-refractivity contribution < 1.29 is 9.90 Å². The van der Waals surface area contributed by atoms with Gasteiger partial charge in [-0.25, -0.2) is 0 Å². The zero-order valence-corrected chi connectivity index (χ0v) is 10.5. The van der Waals surface area contributed by atoms with E-state index in [0.717, 1.165) is 6.42 Å². The molecule has 1 atom stereocenters. The fourth-order valence-electron chi connectivity index (χ4n) is 1.47. The van der Waals surface area contributed by atoms with Gasteiger partial charge >= 0.3 is 0 Å². The molecule has 0 saturated heterocycles. The minimum absolute atomic E-state index is 0.153. The van der Waals surface area contributed by atoms with Crippen LogP contribution >= 0.6 is 0 Å². The van der Waals surface area contributed by atoms with E-state index in [-0.39, 0.29) is 18.6 Å². The first kappa shape index (κ1) is 14.4. The minimum Gasteiger partial charge on any atom is -0.396 e. The minimum atomic E-state index is 0.153. The van der Waals surface area contributed by atoms with E-state index in [0.29, 0.717) is 25.3 Å². The summed E-state index contributed by atoms with van der Waals surface area (Å²) in [7, 11) is 0. The largest absolute Gasteiger partial charge is 0.396 e. The van der Waals surface area contributed by atoms with Crippen molar-refractivity contribution in [1.82, 2.24) is 4.90 Å². The number of amides is 1. The van der Waals surface area contributed by atoms with E-state index in [4.69, 9.17) is 5.11 Å². The summed E-state index contributed by atoms with van der Waals surface area (Å²) in [5, 5.41) is 8.77. The van der Waals surface area contributed by atoms with E-state index >= 15 is 0 Å². The van der Waals surface area contributed by atoms with Crippen molar-refractivity contribution in [3.8, 4) is 0 Å². The van der Waals surface area contributed by atoms with Gasteiger partial charge in [0.05, 0.1) is 0 Å². The van der Waals surface area contributed by atoms with Crippen molar-refractivity contribution in [2.45, 2.75) is 53.0 Å². The first-order valence-corrected chi connectivity index (χ1v) is 5.93. The number of hydrogen-bond donors (Lipinski definition) is 1. The first-order chi connectivity index (χ1) is 7.02. The van der Waals surface area contributed by atoms with Crippen molar-refractivity contribution in [3.63, 3.8) is 0 Å². The number of carbonyl (C=O) groups is 1. The summed E-state index contributed by atoms with van der Waals surface area (Å²) in [6.45, 7) is 9.06. The zero-order chi connectivity index (χ0) is 11.8. The average molecular weight is 215 g/mol. The smallest absolute Gasteiger partial charge is 0.223 e. The second-order valence-electron chi connectivity index (χ2n) is 4.48. The summed E-state index contributed by atoms with van der Waals surface area (Å²) in [5.41, 5.74) is 0. The Kier molecular flexibility index (Phi) is 7.39. The molecule has 0 aromatic carbocycles. The summed E-state index contributed by atoms with van der Waals surface area (Å²) in [6.07, 6.45) is 2.34. The molecule has 15 heavy (non-hydrogen) atoms. The Morgan fingerprint density at radius 3 is 2.33 bits per heavy atom. The van der Waals surface area contributed by atoms with Gasteiger partial charge in [0.1, 0.15) is 0 Å². The van der Waals surface area contributed by atoms with Crippen LogP contribution in [0.15, 0.2) is 0 Å². The van der Waals surface area contributed by atoms with Crippen LogP contribution in [0.5, 0.6) is 0 Å². The number of carbonyl (C=O) groups excluding carboxylic acids is 1. The molecule has 0 aromatic heterocycles. The van der Waals surface area contributed by atoms with Crippen LogP contribution in [0.1, 0.15) is 47.0 Å². The maximum Gasteiger partial charge on any atom is 0.223 e. The second-order valence-corrected chi connectivity index (χ2v) is 4.48. The van der Waals surface area contributed by atoms with E-state index in [9.17, 15) is 4.79 Å². The van der Waals surface area contributed by atoms with Crippen LogP contribution in [-0.4, -0.2) is 35.1 Å². The predicted molar refractivity (Wildman–Crippen MR) is 62.6 cm³/mol. The van der Waals surface area contributed by atoms with Crippen molar-refractivity contribution in [3.05, 3.63) is 0 Å². The lowest BCUT2D eigenvalue weighted by atomic mass is 10.0. The highest BCUT2D eigenvalue weighted by atomic mass is 16.3. The fourth-order valence-corrected chi connectivity index (χ4v) is 1.47. The summed E-state index contributed by atoms with van der Waals surface area (Å²) < 4.78 is 0. The Morgan fingerprint density at radius 1 is 1.33 bits per heavy atom. The van der Waals surface area contributed by atoms with Crippen LogP contribution in [0, 0.1) is 5.92 Å². The third kappa shape index (κ3) is 5.78. The maximum atomic E-state index is 11.9. The van der Waals surface area contributed by atoms with Crippen LogP contribution in [0.25, 0.3) is 0 Å². The van der Waals surface area contributed by atoms with Gasteiger partial charge in [0.2, 0.25) is 5.91 Å². The SMILES string of the molecule is CCC(C)CC(=O)N(CCCO)C(C)C. The molecule has 0 aliphatic carbocycles. The standard InChI is InChI=1S/C12H25NO2/c1-5-11(4)9-12(15)13(10(2)3)7-6-8-14/h10-11,14H,5-9H2,1-4H3. The molecule has 3 heteroatoms. The molecule has 0 fully saturated rings. The number of aliphatic hydroxyl groups is 1. The third-order valence-electron chi connectivity index (χ3n) is 2.72. The molecule has 1 N–H and O–H groups in total. The Balaban J connectivity index is 4.16. The average Bonchev–Trinajstić information content (AvgIpc) is 2.17. The molecular formula is C12H25NO2. The molecule has 1 unspecified atom stereocenters. The molecule has 0 saturated carbocycles. The highest BCUT2D eigenvalue weighted by molar-refractivity contribution is 5.76. The highest BCUT2D eigenvalue weighted by Crippen LogP contribution is 2.11. The van der Waals surface area contributed by atoms with Gasteiger partial charge in [-0.2, -0.15) is 0 Å². The van der Waals surface area contributed by atoms with Crippen LogP contribution in [0.2, 0.25) is 0 Å². The topological polar surface area (TPSA) is 40.5 Å². The molecule has 0 aromatic rings. The van der Waals surface area contributed by atoms with Gasteiger partial charge in [0.15, 0.2) is 0 Å². The van der Waals surface area contributed by atoms with E-state index in [2.05, 4.69) is 13.8 Å². The van der Waals surface area contributed by atoms with Gasteiger partial charge in [-0.15, -0.1) is 0 Å². The number of hydrogen-bond acceptors (Lipinski definition) is 2. The zero-order valence-electron chi connectivity index (χ0n) is 10.5. The quantitative estimate of drug-likeness (QED) is 0.706. The van der Waals surface area contributed by atoms with Gasteiger partial charge in [-0.1, -0.05) is 20.3 Å². The van der Waals surface area contributed by atoms with Gasteiger partial charge < -0.3 is 10.0 Å². The number of rotatable bonds is 7. The molecular weight excluding hydrogens is 190 g/mol. The number of aliphatic hydroxyl groups excluding tert-OH is 1. The van der Waals surface area contributed by atoms with Crippen LogP contribution in [0.4, 0.5) is 0 Å². The summed E-state index contributed by atoms with van der Waals surface area (Å²) in [5.74, 6) is 0.667. The van der Waals surface area contributed by atoms with Gasteiger partial charge in [0.25, 0.3) is 0 Å². The van der Waals surface area contributed by atoms with Gasteiger partial charge in [-0.05, 0) is 26.2 Å². The lowest BCUT2D eigenvalue weighted by molar-refractivity contribution is -0.134. The van der Waals surface area contributed by atoms with Crippen molar-refractivity contribution in [2.24, 2.45) is 5.92 Å². The third-order valence-corrected chi connectivity index (χ3v) is 2.72. The van der Waals surface area contributed by atoms with E-state index in [1.54, 1.807) is 0 Å². The molecule has 0 heterocycles. The van der Waals surface area contributed by atoms with Crippen LogP contribution < -0.4 is 0 Å². The molecule has 3 nitrogen and oxygen atoms in total. The Morgan fingerprint density at radius 2 is 1.93 bits per heavy atom. The summed E-state index contributed by atoms with van der Waals surface area (Å²) in [6, 6.07) is 0.230. The van der Waals surface area contributed by atoms with Gasteiger partial charge in [0, 0.05) is 25.6 Å². The number of nitrogens with zero attached hydrogens (tertiary/aromatic N) is 1. The Hall–Kier alpha value is -0.570. The lowest BCUT2D eigenvalue weighted by Crippen LogP contribution is -2.38. The van der Waals surface area contributed by atoms with E-state index < -0.39 is 0 Å². The molecule has 0 aliphatic rings. The van der Waals surface area contributed by atoms with Gasteiger partial charge in [-0.3, -0.25) is 4.79 Å². The highest BCUT2D eigenvalue weighted by Gasteiger charge is 2.17. The second kappa shape index (κ2) is 7.69. The van der Waals surface area contributed by atoms with E-state index in [1.165, 1.54) is 0 Å². The molecule has 0 aliphatic heterocycles. The Bertz CT molecular complexity index is 180. The molecule has 90 valence electrons. The van der Waals surface area contributed by atoms with Crippen molar-refractivity contribution in [1.29, 1.82) is 0 Å². The summed E-state index contributed by atoms with van der Waals surface area (Å²) >= 11 is 0. The first-order valence-electron chi connectivity index (χ1n) is 5.93. The monoisotopic (exact) mass is 215 g/mol. The van der Waals surface area contributed by atoms with Crippen molar-refractivity contribution >= 4 is 5.91 Å². The normalized spacial score (nSPS) is 12.9. The lowest BCUT2D eigenvalue weighted by Gasteiger charge is -2.27. The molecule has 0 bridgehead atoms.